The van der Waals surface area contributed by atoms with Gasteiger partial charge in [0.15, 0.2) is 0 Å². The topological polar surface area (TPSA) is 62.3 Å². The van der Waals surface area contributed by atoms with Crippen LogP contribution in [0.1, 0.15) is 24.5 Å². The number of pyridine rings is 1. The van der Waals surface area contributed by atoms with Crippen LogP contribution < -0.4 is 10.2 Å². The van der Waals surface area contributed by atoms with Gasteiger partial charge in [-0.05, 0) is 48.2 Å². The smallest absolute Gasteiger partial charge is 0.224 e. The molecule has 0 aliphatic carbocycles. The number of nitrogens with zero attached hydrogens (tertiary/aromatic N) is 2. The van der Waals surface area contributed by atoms with Gasteiger partial charge in [0.2, 0.25) is 11.8 Å². The Kier molecular flexibility index (Phi) is 4.94. The van der Waals surface area contributed by atoms with E-state index in [-0.39, 0.29) is 11.8 Å². The molecule has 1 aliphatic rings. The zero-order valence-corrected chi connectivity index (χ0v) is 15.0. The molecule has 2 amide bonds. The van der Waals surface area contributed by atoms with Gasteiger partial charge in [0.25, 0.3) is 0 Å². The summed E-state index contributed by atoms with van der Waals surface area (Å²) in [7, 11) is 0. The summed E-state index contributed by atoms with van der Waals surface area (Å²) in [6.45, 7) is 2.20. The van der Waals surface area contributed by atoms with Crippen LogP contribution in [-0.4, -0.2) is 23.3 Å². The molecule has 0 unspecified atom stereocenters. The van der Waals surface area contributed by atoms with E-state index in [0.29, 0.717) is 25.1 Å². The van der Waals surface area contributed by atoms with Crippen LogP contribution in [-0.2, 0) is 22.4 Å². The third kappa shape index (κ3) is 3.64. The molecule has 0 saturated heterocycles. The number of benzene rings is 1. The van der Waals surface area contributed by atoms with E-state index in [2.05, 4.69) is 26.2 Å². The first-order valence-corrected chi connectivity index (χ1v) is 8.63. The Morgan fingerprint density at radius 1 is 1.29 bits per heavy atom. The average Bonchev–Trinajstić information content (AvgIpc) is 2.98. The summed E-state index contributed by atoms with van der Waals surface area (Å²) in [6, 6.07) is 7.67. The zero-order chi connectivity index (χ0) is 17.1. The highest BCUT2D eigenvalue weighted by Gasteiger charge is 2.26. The zero-order valence-electron chi connectivity index (χ0n) is 13.4. The molecule has 0 bridgehead atoms. The maximum atomic E-state index is 12.3. The molecule has 3 rings (SSSR count). The van der Waals surface area contributed by atoms with Crippen LogP contribution in [0, 0.1) is 0 Å². The third-order valence-electron chi connectivity index (χ3n) is 4.07. The first-order chi connectivity index (χ1) is 11.5. The molecule has 2 aromatic rings. The van der Waals surface area contributed by atoms with Gasteiger partial charge in [-0.25, -0.2) is 0 Å². The third-order valence-corrected chi connectivity index (χ3v) is 4.53. The summed E-state index contributed by atoms with van der Waals surface area (Å²) in [5.41, 5.74) is 3.66. The van der Waals surface area contributed by atoms with E-state index >= 15 is 0 Å². The molecule has 0 fully saturated rings. The predicted molar refractivity (Wildman–Crippen MR) is 97.1 cm³/mol. The van der Waals surface area contributed by atoms with Gasteiger partial charge in [-0.15, -0.1) is 0 Å². The highest BCUT2D eigenvalue weighted by atomic mass is 79.9. The van der Waals surface area contributed by atoms with Crippen molar-refractivity contribution >= 4 is 39.1 Å². The highest BCUT2D eigenvalue weighted by Crippen LogP contribution is 2.38. The number of anilines is 2. The van der Waals surface area contributed by atoms with Crippen molar-refractivity contribution in [2.45, 2.75) is 26.2 Å². The van der Waals surface area contributed by atoms with E-state index in [1.165, 1.54) is 0 Å². The molecule has 2 heterocycles. The first-order valence-electron chi connectivity index (χ1n) is 7.84. The number of aromatic nitrogens is 1. The number of fused-ring (bicyclic) bond motifs is 1. The second-order valence-electron chi connectivity index (χ2n) is 5.79. The maximum Gasteiger partial charge on any atom is 0.224 e. The van der Waals surface area contributed by atoms with Crippen LogP contribution in [0.2, 0.25) is 0 Å². The molecule has 0 atom stereocenters. The van der Waals surface area contributed by atoms with Gasteiger partial charge >= 0.3 is 0 Å². The summed E-state index contributed by atoms with van der Waals surface area (Å²) >= 11 is 3.48. The Bertz CT molecular complexity index is 777. The Morgan fingerprint density at radius 3 is 2.75 bits per heavy atom. The molecule has 5 nitrogen and oxygen atoms in total. The standard InChI is InChI=1S/C18H18BrN3O2/c1-12(23)22-9-6-14-10-15(19)11-16(18(14)22)21-17(24)3-2-13-4-7-20-8-5-13/h4-5,7-8,10-11H,2-3,6,9H2,1H3,(H,21,24). The normalized spacial score (nSPS) is 12.8. The van der Waals surface area contributed by atoms with Crippen molar-refractivity contribution in [2.75, 3.05) is 16.8 Å². The summed E-state index contributed by atoms with van der Waals surface area (Å²) in [5.74, 6) is -0.0779. The molecule has 0 radical (unpaired) electrons. The van der Waals surface area contributed by atoms with Gasteiger partial charge < -0.3 is 10.2 Å². The van der Waals surface area contributed by atoms with Crippen molar-refractivity contribution in [3.05, 3.63) is 52.3 Å². The average molecular weight is 388 g/mol. The predicted octanol–water partition coefficient (Wildman–Crippen LogP) is 3.32. The van der Waals surface area contributed by atoms with Crippen molar-refractivity contribution in [1.82, 2.24) is 4.98 Å². The van der Waals surface area contributed by atoms with Gasteiger partial charge in [-0.3, -0.25) is 14.6 Å². The number of carbonyl (C=O) groups is 2. The Labute approximate surface area is 149 Å². The fraction of sp³-hybridized carbons (Fsp3) is 0.278. The lowest BCUT2D eigenvalue weighted by atomic mass is 10.1. The fourth-order valence-corrected chi connectivity index (χ4v) is 3.44. The summed E-state index contributed by atoms with van der Waals surface area (Å²) in [5, 5.41) is 2.96. The molecule has 124 valence electrons. The van der Waals surface area contributed by atoms with Gasteiger partial charge in [-0.1, -0.05) is 15.9 Å². The lowest BCUT2D eigenvalue weighted by Crippen LogP contribution is -2.27. The first kappa shape index (κ1) is 16.6. The van der Waals surface area contributed by atoms with Crippen LogP contribution in [0.15, 0.2) is 41.1 Å². The van der Waals surface area contributed by atoms with Crippen molar-refractivity contribution in [1.29, 1.82) is 0 Å². The Morgan fingerprint density at radius 2 is 2.04 bits per heavy atom. The molecule has 0 saturated carbocycles. The van der Waals surface area contributed by atoms with E-state index in [1.807, 2.05) is 24.3 Å². The number of nitrogens with one attached hydrogen (secondary N) is 1. The minimum Gasteiger partial charge on any atom is -0.324 e. The number of aryl methyl sites for hydroxylation is 1. The van der Waals surface area contributed by atoms with Gasteiger partial charge in [-0.2, -0.15) is 0 Å². The number of halogens is 1. The van der Waals surface area contributed by atoms with Crippen LogP contribution in [0.25, 0.3) is 0 Å². The van der Waals surface area contributed by atoms with Gasteiger partial charge in [0.05, 0.1) is 11.4 Å². The van der Waals surface area contributed by atoms with Crippen LogP contribution in [0.3, 0.4) is 0 Å². The minimum atomic E-state index is -0.0671. The number of hydrogen-bond donors (Lipinski definition) is 1. The molecule has 1 aromatic heterocycles. The lowest BCUT2D eigenvalue weighted by molar-refractivity contribution is -0.117. The largest absolute Gasteiger partial charge is 0.324 e. The monoisotopic (exact) mass is 387 g/mol. The molecule has 1 aromatic carbocycles. The highest BCUT2D eigenvalue weighted by molar-refractivity contribution is 9.10. The van der Waals surface area contributed by atoms with Gasteiger partial charge in [0.1, 0.15) is 0 Å². The lowest BCUT2D eigenvalue weighted by Gasteiger charge is -2.19. The van der Waals surface area contributed by atoms with Crippen molar-refractivity contribution in [3.8, 4) is 0 Å². The summed E-state index contributed by atoms with van der Waals surface area (Å²) in [4.78, 5) is 29.9. The molecule has 24 heavy (non-hydrogen) atoms. The summed E-state index contributed by atoms with van der Waals surface area (Å²) < 4.78 is 0.899. The quantitative estimate of drug-likeness (QED) is 0.874. The summed E-state index contributed by atoms with van der Waals surface area (Å²) in [6.07, 6.45) is 5.28. The molecule has 6 heteroatoms. The van der Waals surface area contributed by atoms with E-state index < -0.39 is 0 Å². The van der Waals surface area contributed by atoms with E-state index in [9.17, 15) is 9.59 Å². The second kappa shape index (κ2) is 7.13. The molecular weight excluding hydrogens is 370 g/mol. The number of amides is 2. The number of carbonyl (C=O) groups excluding carboxylic acids is 2. The van der Waals surface area contributed by atoms with Crippen molar-refractivity contribution in [3.63, 3.8) is 0 Å². The SMILES string of the molecule is CC(=O)N1CCc2cc(Br)cc(NC(=O)CCc3ccncc3)c21. The van der Waals surface area contributed by atoms with E-state index in [4.69, 9.17) is 0 Å². The minimum absolute atomic E-state index is 0.0108. The van der Waals surface area contributed by atoms with Crippen molar-refractivity contribution in [2.24, 2.45) is 0 Å². The van der Waals surface area contributed by atoms with Crippen LogP contribution in [0.4, 0.5) is 11.4 Å². The number of rotatable bonds is 4. The molecular formula is C18H18BrN3O2. The number of hydrogen-bond acceptors (Lipinski definition) is 3. The van der Waals surface area contributed by atoms with Gasteiger partial charge in [0, 0.05) is 36.8 Å². The van der Waals surface area contributed by atoms with Crippen LogP contribution >= 0.6 is 15.9 Å². The Balaban J connectivity index is 1.75. The van der Waals surface area contributed by atoms with Crippen molar-refractivity contribution < 1.29 is 9.59 Å². The van der Waals surface area contributed by atoms with Crippen LogP contribution in [0.5, 0.6) is 0 Å². The second-order valence-corrected chi connectivity index (χ2v) is 6.70. The molecule has 0 spiro atoms. The molecule has 1 aliphatic heterocycles. The van der Waals surface area contributed by atoms with E-state index in [1.54, 1.807) is 24.2 Å². The Hall–Kier alpha value is -2.21. The maximum absolute atomic E-state index is 12.3. The fourth-order valence-electron chi connectivity index (χ4n) is 2.94. The van der Waals surface area contributed by atoms with E-state index in [0.717, 1.165) is 27.7 Å². The molecule has 1 N–H and O–H groups in total.